The summed E-state index contributed by atoms with van der Waals surface area (Å²) in [5, 5.41) is 2.75. The molecule has 0 atom stereocenters. The van der Waals surface area contributed by atoms with E-state index < -0.39 is 0 Å². The molecule has 0 radical (unpaired) electrons. The fourth-order valence-corrected chi connectivity index (χ4v) is 2.09. The summed E-state index contributed by atoms with van der Waals surface area (Å²) in [6, 6.07) is 8.54. The number of amides is 1. The van der Waals surface area contributed by atoms with Crippen molar-refractivity contribution in [3.05, 3.63) is 46.6 Å². The van der Waals surface area contributed by atoms with Gasteiger partial charge >= 0.3 is 0 Å². The van der Waals surface area contributed by atoms with E-state index in [2.05, 4.69) is 26.2 Å². The first kappa shape index (κ1) is 13.4. The maximum absolute atomic E-state index is 12.0. The first-order valence-corrected chi connectivity index (χ1v) is 6.26. The number of hydrogen-bond donors (Lipinski definition) is 2. The van der Waals surface area contributed by atoms with Gasteiger partial charge in [0, 0.05) is 11.9 Å². The van der Waals surface area contributed by atoms with Crippen LogP contribution in [0.3, 0.4) is 0 Å². The standard InChI is InChI=1S/C13H12BrN3O2/c1-19-11-5-4-8(7-10(11)14)17-13(18)9-3-2-6-16-12(9)15/h2-7H,1H3,(H2,15,16)(H,17,18). The number of ether oxygens (including phenoxy) is 1. The summed E-state index contributed by atoms with van der Waals surface area (Å²) in [6.45, 7) is 0. The van der Waals surface area contributed by atoms with E-state index in [1.807, 2.05) is 0 Å². The molecular formula is C13H12BrN3O2. The van der Waals surface area contributed by atoms with Gasteiger partial charge in [-0.15, -0.1) is 0 Å². The number of methoxy groups -OCH3 is 1. The lowest BCUT2D eigenvalue weighted by Gasteiger charge is -2.09. The minimum absolute atomic E-state index is 0.201. The van der Waals surface area contributed by atoms with Gasteiger partial charge in [0.05, 0.1) is 17.1 Å². The Balaban J connectivity index is 2.20. The summed E-state index contributed by atoms with van der Waals surface area (Å²) in [5.74, 6) is 0.592. The van der Waals surface area contributed by atoms with Crippen LogP contribution in [0.2, 0.25) is 0 Å². The monoisotopic (exact) mass is 321 g/mol. The lowest BCUT2D eigenvalue weighted by molar-refractivity contribution is 0.102. The first-order valence-electron chi connectivity index (χ1n) is 5.47. The Morgan fingerprint density at radius 2 is 2.21 bits per heavy atom. The van der Waals surface area contributed by atoms with Crippen molar-refractivity contribution in [3.8, 4) is 5.75 Å². The summed E-state index contributed by atoms with van der Waals surface area (Å²) in [7, 11) is 1.58. The Bertz CT molecular complexity index is 617. The molecule has 0 aliphatic rings. The third kappa shape index (κ3) is 3.03. The second-order valence-electron chi connectivity index (χ2n) is 3.74. The second-order valence-corrected chi connectivity index (χ2v) is 4.59. The van der Waals surface area contributed by atoms with E-state index in [1.165, 1.54) is 6.20 Å². The number of aromatic nitrogens is 1. The van der Waals surface area contributed by atoms with Gasteiger partial charge in [0.2, 0.25) is 0 Å². The number of hydrogen-bond acceptors (Lipinski definition) is 4. The molecule has 0 aliphatic carbocycles. The van der Waals surface area contributed by atoms with Crippen molar-refractivity contribution in [2.24, 2.45) is 0 Å². The van der Waals surface area contributed by atoms with Crippen LogP contribution in [-0.4, -0.2) is 18.0 Å². The molecule has 3 N–H and O–H groups in total. The molecule has 0 saturated carbocycles. The van der Waals surface area contributed by atoms with Crippen LogP contribution in [0, 0.1) is 0 Å². The number of carbonyl (C=O) groups excluding carboxylic acids is 1. The minimum atomic E-state index is -0.303. The smallest absolute Gasteiger partial charge is 0.259 e. The van der Waals surface area contributed by atoms with E-state index in [0.29, 0.717) is 17.0 Å². The molecule has 0 saturated heterocycles. The molecule has 1 amide bonds. The van der Waals surface area contributed by atoms with Crippen LogP contribution in [0.15, 0.2) is 41.0 Å². The zero-order chi connectivity index (χ0) is 13.8. The number of anilines is 2. The van der Waals surface area contributed by atoms with Crippen molar-refractivity contribution in [2.75, 3.05) is 18.2 Å². The number of carbonyl (C=O) groups is 1. The van der Waals surface area contributed by atoms with Crippen molar-refractivity contribution < 1.29 is 9.53 Å². The van der Waals surface area contributed by atoms with E-state index in [-0.39, 0.29) is 11.7 Å². The fraction of sp³-hybridized carbons (Fsp3) is 0.0769. The number of nitrogens with zero attached hydrogens (tertiary/aromatic N) is 1. The predicted molar refractivity (Wildman–Crippen MR) is 77.3 cm³/mol. The Kier molecular flexibility index (Phi) is 4.01. The normalized spacial score (nSPS) is 10.0. The van der Waals surface area contributed by atoms with E-state index >= 15 is 0 Å². The van der Waals surface area contributed by atoms with Crippen LogP contribution in [-0.2, 0) is 0 Å². The van der Waals surface area contributed by atoms with Crippen LogP contribution in [0.5, 0.6) is 5.75 Å². The molecule has 19 heavy (non-hydrogen) atoms. The molecule has 1 heterocycles. The van der Waals surface area contributed by atoms with Crippen molar-refractivity contribution in [1.82, 2.24) is 4.98 Å². The molecule has 6 heteroatoms. The molecular weight excluding hydrogens is 310 g/mol. The van der Waals surface area contributed by atoms with Crippen LogP contribution in [0.25, 0.3) is 0 Å². The summed E-state index contributed by atoms with van der Waals surface area (Å²) in [4.78, 5) is 15.9. The van der Waals surface area contributed by atoms with Gasteiger partial charge in [-0.2, -0.15) is 0 Å². The summed E-state index contributed by atoms with van der Waals surface area (Å²) in [5.41, 5.74) is 6.63. The van der Waals surface area contributed by atoms with Crippen LogP contribution >= 0.6 is 15.9 Å². The lowest BCUT2D eigenvalue weighted by Crippen LogP contribution is -2.14. The Morgan fingerprint density at radius 1 is 1.42 bits per heavy atom. The number of rotatable bonds is 3. The quantitative estimate of drug-likeness (QED) is 0.911. The minimum Gasteiger partial charge on any atom is -0.496 e. The maximum Gasteiger partial charge on any atom is 0.259 e. The van der Waals surface area contributed by atoms with E-state index in [0.717, 1.165) is 4.47 Å². The van der Waals surface area contributed by atoms with Crippen molar-refractivity contribution in [2.45, 2.75) is 0 Å². The van der Waals surface area contributed by atoms with Crippen molar-refractivity contribution in [1.29, 1.82) is 0 Å². The topological polar surface area (TPSA) is 77.2 Å². The zero-order valence-electron chi connectivity index (χ0n) is 10.2. The molecule has 0 unspecified atom stereocenters. The number of nitrogen functional groups attached to an aromatic ring is 1. The SMILES string of the molecule is COc1ccc(NC(=O)c2cccnc2N)cc1Br. The molecule has 1 aromatic heterocycles. The van der Waals surface area contributed by atoms with E-state index in [4.69, 9.17) is 10.5 Å². The highest BCUT2D eigenvalue weighted by atomic mass is 79.9. The van der Waals surface area contributed by atoms with Crippen LogP contribution < -0.4 is 15.8 Å². The van der Waals surface area contributed by atoms with Crippen molar-refractivity contribution >= 4 is 33.3 Å². The van der Waals surface area contributed by atoms with Gasteiger partial charge in [0.25, 0.3) is 5.91 Å². The Hall–Kier alpha value is -2.08. The van der Waals surface area contributed by atoms with Gasteiger partial charge in [0.1, 0.15) is 11.6 Å². The summed E-state index contributed by atoms with van der Waals surface area (Å²) < 4.78 is 5.88. The molecule has 0 aliphatic heterocycles. The molecule has 2 rings (SSSR count). The van der Waals surface area contributed by atoms with Gasteiger partial charge in [-0.1, -0.05) is 0 Å². The molecule has 0 fully saturated rings. The summed E-state index contributed by atoms with van der Waals surface area (Å²) >= 11 is 3.35. The van der Waals surface area contributed by atoms with Gasteiger partial charge < -0.3 is 15.8 Å². The summed E-state index contributed by atoms with van der Waals surface area (Å²) in [6.07, 6.45) is 1.54. The number of halogens is 1. The van der Waals surface area contributed by atoms with Gasteiger partial charge in [-0.3, -0.25) is 4.79 Å². The number of benzene rings is 1. The highest BCUT2D eigenvalue weighted by molar-refractivity contribution is 9.10. The van der Waals surface area contributed by atoms with Crippen LogP contribution in [0.4, 0.5) is 11.5 Å². The molecule has 0 bridgehead atoms. The van der Waals surface area contributed by atoms with E-state index in [9.17, 15) is 4.79 Å². The average Bonchev–Trinajstić information content (AvgIpc) is 2.39. The third-order valence-corrected chi connectivity index (χ3v) is 3.11. The first-order chi connectivity index (χ1) is 9.11. The largest absolute Gasteiger partial charge is 0.496 e. The predicted octanol–water partition coefficient (Wildman–Crippen LogP) is 2.69. The highest BCUT2D eigenvalue weighted by Gasteiger charge is 2.11. The number of nitrogens with one attached hydrogen (secondary N) is 1. The van der Waals surface area contributed by atoms with Gasteiger partial charge in [-0.25, -0.2) is 4.98 Å². The van der Waals surface area contributed by atoms with E-state index in [1.54, 1.807) is 37.4 Å². The Morgan fingerprint density at radius 3 is 2.84 bits per heavy atom. The molecule has 0 spiro atoms. The third-order valence-electron chi connectivity index (χ3n) is 2.49. The molecule has 2 aromatic rings. The van der Waals surface area contributed by atoms with Crippen LogP contribution in [0.1, 0.15) is 10.4 Å². The second kappa shape index (κ2) is 5.71. The molecule has 1 aromatic carbocycles. The van der Waals surface area contributed by atoms with Gasteiger partial charge in [-0.05, 0) is 46.3 Å². The van der Waals surface area contributed by atoms with Crippen molar-refractivity contribution in [3.63, 3.8) is 0 Å². The maximum atomic E-state index is 12.0. The molecule has 5 nitrogen and oxygen atoms in total. The number of nitrogens with two attached hydrogens (primary N) is 1. The number of pyridine rings is 1. The van der Waals surface area contributed by atoms with Gasteiger partial charge in [0.15, 0.2) is 0 Å². The fourth-order valence-electron chi connectivity index (χ4n) is 1.55. The zero-order valence-corrected chi connectivity index (χ0v) is 11.8. The Labute approximate surface area is 118 Å². The highest BCUT2D eigenvalue weighted by Crippen LogP contribution is 2.28. The lowest BCUT2D eigenvalue weighted by atomic mass is 10.2. The average molecular weight is 322 g/mol. The molecule has 98 valence electrons.